The first-order chi connectivity index (χ1) is 12.6. The maximum Gasteiger partial charge on any atom is 0.255 e. The molecule has 142 valence electrons. The molecule has 1 N–H and O–H groups in total. The van der Waals surface area contributed by atoms with Crippen molar-refractivity contribution in [2.75, 3.05) is 12.3 Å². The Kier molecular flexibility index (Phi) is 6.63. The summed E-state index contributed by atoms with van der Waals surface area (Å²) in [6, 6.07) is 7.36. The van der Waals surface area contributed by atoms with Crippen LogP contribution in [0.2, 0.25) is 0 Å². The second-order valence-electron chi connectivity index (χ2n) is 7.46. The summed E-state index contributed by atoms with van der Waals surface area (Å²) in [7, 11) is 0. The Morgan fingerprint density at radius 3 is 2.62 bits per heavy atom. The van der Waals surface area contributed by atoms with Crippen molar-refractivity contribution in [1.82, 2.24) is 10.2 Å². The zero-order valence-corrected chi connectivity index (χ0v) is 16.7. The van der Waals surface area contributed by atoms with E-state index in [0.29, 0.717) is 18.2 Å². The zero-order valence-electron chi connectivity index (χ0n) is 15.9. The average molecular weight is 375 g/mol. The molecule has 2 atom stereocenters. The van der Waals surface area contributed by atoms with Crippen molar-refractivity contribution in [1.29, 1.82) is 0 Å². The smallest absolute Gasteiger partial charge is 0.255 e. The van der Waals surface area contributed by atoms with Crippen molar-refractivity contribution < 1.29 is 9.59 Å². The average Bonchev–Trinajstić information content (AvgIpc) is 3.12. The molecule has 0 bridgehead atoms. The molecule has 2 amide bonds. The summed E-state index contributed by atoms with van der Waals surface area (Å²) in [6.07, 6.45) is 7.00. The Labute approximate surface area is 161 Å². The van der Waals surface area contributed by atoms with Gasteiger partial charge in [0.15, 0.2) is 0 Å². The normalized spacial score (nSPS) is 23.8. The van der Waals surface area contributed by atoms with Crippen LogP contribution in [0.5, 0.6) is 0 Å². The van der Waals surface area contributed by atoms with Gasteiger partial charge in [0.05, 0.1) is 5.37 Å². The summed E-state index contributed by atoms with van der Waals surface area (Å²) in [5.41, 5.74) is 1.70. The fourth-order valence-corrected chi connectivity index (χ4v) is 5.73. The Morgan fingerprint density at radius 1 is 1.19 bits per heavy atom. The number of nitrogens with zero attached hydrogens (tertiary/aromatic N) is 1. The van der Waals surface area contributed by atoms with Gasteiger partial charge in [-0.1, -0.05) is 44.4 Å². The van der Waals surface area contributed by atoms with E-state index in [2.05, 4.69) is 5.32 Å². The molecule has 0 aromatic heterocycles. The summed E-state index contributed by atoms with van der Waals surface area (Å²) >= 11 is 1.80. The Morgan fingerprint density at radius 2 is 1.92 bits per heavy atom. The fourth-order valence-electron chi connectivity index (χ4n) is 4.09. The Bertz CT molecular complexity index is 643. The van der Waals surface area contributed by atoms with Gasteiger partial charge < -0.3 is 10.2 Å². The first-order valence-corrected chi connectivity index (χ1v) is 11.0. The second kappa shape index (κ2) is 8.94. The molecule has 4 nitrogen and oxygen atoms in total. The van der Waals surface area contributed by atoms with Crippen molar-refractivity contribution in [3.05, 3.63) is 35.4 Å². The highest BCUT2D eigenvalue weighted by Gasteiger charge is 2.45. The summed E-state index contributed by atoms with van der Waals surface area (Å²) in [5, 5.41) is 3.13. The molecule has 1 aromatic rings. The van der Waals surface area contributed by atoms with Gasteiger partial charge in [-0.25, -0.2) is 0 Å². The van der Waals surface area contributed by atoms with Crippen LogP contribution >= 0.6 is 11.8 Å². The number of rotatable bonds is 5. The van der Waals surface area contributed by atoms with Crippen LogP contribution in [-0.2, 0) is 4.79 Å². The maximum absolute atomic E-state index is 13.4. The summed E-state index contributed by atoms with van der Waals surface area (Å²) in [5.74, 6) is 1.22. The van der Waals surface area contributed by atoms with Crippen molar-refractivity contribution in [3.63, 3.8) is 0 Å². The largest absolute Gasteiger partial charge is 0.354 e. The number of nitrogens with one attached hydrogen (secondary N) is 1. The molecule has 1 saturated carbocycles. The van der Waals surface area contributed by atoms with Gasteiger partial charge in [-0.2, -0.15) is 0 Å². The van der Waals surface area contributed by atoms with Gasteiger partial charge in [0.1, 0.15) is 6.04 Å². The minimum atomic E-state index is -0.356. The highest BCUT2D eigenvalue weighted by Crippen LogP contribution is 2.41. The van der Waals surface area contributed by atoms with Crippen molar-refractivity contribution >= 4 is 23.6 Å². The molecule has 3 rings (SSSR count). The Hall–Kier alpha value is -1.49. The number of hydrogen-bond donors (Lipinski definition) is 1. The summed E-state index contributed by atoms with van der Waals surface area (Å²) in [6.45, 7) is 4.68. The molecule has 1 aliphatic heterocycles. The van der Waals surface area contributed by atoms with E-state index >= 15 is 0 Å². The second-order valence-corrected chi connectivity index (χ2v) is 8.61. The quantitative estimate of drug-likeness (QED) is 0.848. The van der Waals surface area contributed by atoms with Gasteiger partial charge in [0, 0.05) is 17.9 Å². The highest BCUT2D eigenvalue weighted by atomic mass is 32.2. The molecule has 0 radical (unpaired) electrons. The van der Waals surface area contributed by atoms with Crippen molar-refractivity contribution in [2.45, 2.75) is 63.8 Å². The van der Waals surface area contributed by atoms with E-state index in [-0.39, 0.29) is 23.2 Å². The lowest BCUT2D eigenvalue weighted by atomic mass is 9.88. The van der Waals surface area contributed by atoms with Gasteiger partial charge in [-0.15, -0.1) is 11.8 Å². The molecular weight excluding hydrogens is 344 g/mol. The molecule has 1 aromatic carbocycles. The topological polar surface area (TPSA) is 49.4 Å². The van der Waals surface area contributed by atoms with Crippen LogP contribution in [-0.4, -0.2) is 40.4 Å². The van der Waals surface area contributed by atoms with Crippen LogP contribution in [0.25, 0.3) is 0 Å². The molecule has 2 fully saturated rings. The van der Waals surface area contributed by atoms with Crippen molar-refractivity contribution in [3.8, 4) is 0 Å². The van der Waals surface area contributed by atoms with Gasteiger partial charge in [-0.3, -0.25) is 9.59 Å². The molecule has 26 heavy (non-hydrogen) atoms. The lowest BCUT2D eigenvalue weighted by molar-refractivity contribution is -0.125. The van der Waals surface area contributed by atoms with Gasteiger partial charge in [0.25, 0.3) is 5.91 Å². The SMILES string of the molecule is CCCNC(=O)C1CSC(C2CCCCC2)N1C(=O)c1ccccc1C. The van der Waals surface area contributed by atoms with Gasteiger partial charge >= 0.3 is 0 Å². The first kappa shape index (κ1) is 19.3. The number of thioether (sulfide) groups is 1. The molecule has 1 saturated heterocycles. The van der Waals surface area contributed by atoms with Crippen LogP contribution in [0.3, 0.4) is 0 Å². The predicted molar refractivity (Wildman–Crippen MR) is 107 cm³/mol. The monoisotopic (exact) mass is 374 g/mol. The number of hydrogen-bond acceptors (Lipinski definition) is 3. The lowest BCUT2D eigenvalue weighted by Crippen LogP contribution is -2.51. The minimum Gasteiger partial charge on any atom is -0.354 e. The molecule has 0 spiro atoms. The number of aryl methyl sites for hydroxylation is 1. The van der Waals surface area contributed by atoms with Crippen LogP contribution < -0.4 is 5.32 Å². The predicted octanol–water partition coefficient (Wildman–Crippen LogP) is 3.99. The van der Waals surface area contributed by atoms with E-state index in [1.807, 2.05) is 43.0 Å². The maximum atomic E-state index is 13.4. The van der Waals surface area contributed by atoms with Crippen LogP contribution in [0.15, 0.2) is 24.3 Å². The highest BCUT2D eigenvalue weighted by molar-refractivity contribution is 8.00. The summed E-state index contributed by atoms with van der Waals surface area (Å²) < 4.78 is 0. The lowest BCUT2D eigenvalue weighted by Gasteiger charge is -2.35. The standard InChI is InChI=1S/C21H30N2O2S/c1-3-13-22-19(24)18-14-26-21(16-10-5-4-6-11-16)23(18)20(25)17-12-8-7-9-15(17)2/h7-9,12,16,18,21H,3-6,10-11,13-14H2,1-2H3,(H,22,24). The van der Waals surface area contributed by atoms with E-state index in [0.717, 1.165) is 17.5 Å². The van der Waals surface area contributed by atoms with Crippen molar-refractivity contribution in [2.24, 2.45) is 5.92 Å². The van der Waals surface area contributed by atoms with E-state index in [9.17, 15) is 9.59 Å². The molecule has 1 heterocycles. The van der Waals surface area contributed by atoms with E-state index in [1.54, 1.807) is 11.8 Å². The number of benzene rings is 1. The van der Waals surface area contributed by atoms with Gasteiger partial charge in [0.2, 0.25) is 5.91 Å². The number of carbonyl (C=O) groups excluding carboxylic acids is 2. The Balaban J connectivity index is 1.87. The fraction of sp³-hybridized carbons (Fsp3) is 0.619. The van der Waals surface area contributed by atoms with Gasteiger partial charge in [-0.05, 0) is 43.7 Å². The third-order valence-corrected chi connectivity index (χ3v) is 7.01. The molecule has 5 heteroatoms. The summed E-state index contributed by atoms with van der Waals surface area (Å²) in [4.78, 5) is 28.1. The van der Waals surface area contributed by atoms with E-state index in [1.165, 1.54) is 32.1 Å². The molecule has 2 aliphatic rings. The molecular formula is C21H30N2O2S. The van der Waals surface area contributed by atoms with Crippen LogP contribution in [0, 0.1) is 12.8 Å². The first-order valence-electron chi connectivity index (χ1n) is 9.91. The number of carbonyl (C=O) groups is 2. The third-order valence-electron chi connectivity index (χ3n) is 5.55. The van der Waals surface area contributed by atoms with Crippen LogP contribution in [0.4, 0.5) is 0 Å². The minimum absolute atomic E-state index is 0.000376. The zero-order chi connectivity index (χ0) is 18.5. The molecule has 1 aliphatic carbocycles. The van der Waals surface area contributed by atoms with Crippen LogP contribution in [0.1, 0.15) is 61.4 Å². The third kappa shape index (κ3) is 4.08. The van der Waals surface area contributed by atoms with E-state index < -0.39 is 0 Å². The number of amides is 2. The van der Waals surface area contributed by atoms with E-state index in [4.69, 9.17) is 0 Å². The molecule has 2 unspecified atom stereocenters.